The summed E-state index contributed by atoms with van der Waals surface area (Å²) in [6.45, 7) is 5.63. The standard InChI is InChI=1S/C16H27N3O2S/c20-10-14-9-19(16-17-15(11-21)12-22-16)8-13(14)7-18-5-3-1-2-4-6-18/h12-14,20-21H,1-11H2/t13-,14-/m0/s1. The first-order valence-electron chi connectivity index (χ1n) is 8.43. The molecule has 1 aromatic heterocycles. The number of hydrogen-bond donors (Lipinski definition) is 2. The van der Waals surface area contributed by atoms with Gasteiger partial charge in [0, 0.05) is 37.5 Å². The van der Waals surface area contributed by atoms with Crippen LogP contribution in [0.1, 0.15) is 31.4 Å². The zero-order chi connectivity index (χ0) is 15.4. The van der Waals surface area contributed by atoms with Gasteiger partial charge in [-0.2, -0.15) is 0 Å². The van der Waals surface area contributed by atoms with Crippen molar-refractivity contribution in [2.24, 2.45) is 11.8 Å². The van der Waals surface area contributed by atoms with Gasteiger partial charge in [0.1, 0.15) is 0 Å². The van der Waals surface area contributed by atoms with E-state index in [9.17, 15) is 5.11 Å². The molecule has 22 heavy (non-hydrogen) atoms. The number of aliphatic hydroxyl groups is 2. The second-order valence-corrected chi connectivity index (χ2v) is 7.44. The molecular formula is C16H27N3O2S. The Balaban J connectivity index is 1.61. The van der Waals surface area contributed by atoms with Gasteiger partial charge in [0.05, 0.1) is 12.3 Å². The van der Waals surface area contributed by atoms with E-state index in [1.807, 2.05) is 5.38 Å². The van der Waals surface area contributed by atoms with Gasteiger partial charge in [0.2, 0.25) is 0 Å². The Hall–Kier alpha value is -0.690. The van der Waals surface area contributed by atoms with Gasteiger partial charge < -0.3 is 20.0 Å². The molecule has 2 saturated heterocycles. The molecule has 5 nitrogen and oxygen atoms in total. The third kappa shape index (κ3) is 3.79. The van der Waals surface area contributed by atoms with Crippen LogP contribution in [-0.4, -0.2) is 59.4 Å². The normalized spacial score (nSPS) is 27.3. The van der Waals surface area contributed by atoms with Crippen molar-refractivity contribution in [3.63, 3.8) is 0 Å². The van der Waals surface area contributed by atoms with Crippen LogP contribution in [0.2, 0.25) is 0 Å². The van der Waals surface area contributed by atoms with E-state index in [1.54, 1.807) is 11.3 Å². The van der Waals surface area contributed by atoms with Gasteiger partial charge in [0.15, 0.2) is 5.13 Å². The van der Waals surface area contributed by atoms with Crippen LogP contribution in [0.25, 0.3) is 0 Å². The molecule has 0 bridgehead atoms. The number of hydrogen-bond acceptors (Lipinski definition) is 6. The molecule has 2 N–H and O–H groups in total. The molecule has 0 aromatic carbocycles. The molecule has 0 radical (unpaired) electrons. The van der Waals surface area contributed by atoms with E-state index < -0.39 is 0 Å². The monoisotopic (exact) mass is 325 g/mol. The smallest absolute Gasteiger partial charge is 0.185 e. The first-order chi connectivity index (χ1) is 10.8. The Kier molecular flexibility index (Phi) is 5.68. The Morgan fingerprint density at radius 3 is 2.45 bits per heavy atom. The molecule has 0 amide bonds. The third-order valence-electron chi connectivity index (χ3n) is 4.97. The minimum absolute atomic E-state index is 0.00494. The van der Waals surface area contributed by atoms with Crippen LogP contribution in [-0.2, 0) is 6.61 Å². The second-order valence-electron chi connectivity index (χ2n) is 6.60. The van der Waals surface area contributed by atoms with Crippen molar-refractivity contribution >= 4 is 16.5 Å². The molecular weight excluding hydrogens is 298 g/mol. The van der Waals surface area contributed by atoms with Crippen LogP contribution in [0.15, 0.2) is 5.38 Å². The molecule has 3 heterocycles. The summed E-state index contributed by atoms with van der Waals surface area (Å²) in [5, 5.41) is 21.8. The lowest BCUT2D eigenvalue weighted by Gasteiger charge is -2.26. The molecule has 0 aliphatic carbocycles. The van der Waals surface area contributed by atoms with Gasteiger partial charge in [-0.25, -0.2) is 4.98 Å². The summed E-state index contributed by atoms with van der Waals surface area (Å²) < 4.78 is 0. The Labute approximate surface area is 136 Å². The summed E-state index contributed by atoms with van der Waals surface area (Å²) in [7, 11) is 0. The fourth-order valence-corrected chi connectivity index (χ4v) is 4.51. The number of anilines is 1. The Morgan fingerprint density at radius 1 is 1.09 bits per heavy atom. The maximum Gasteiger partial charge on any atom is 0.185 e. The van der Waals surface area contributed by atoms with Crippen molar-refractivity contribution in [2.75, 3.05) is 44.2 Å². The quantitative estimate of drug-likeness (QED) is 0.860. The van der Waals surface area contributed by atoms with Crippen molar-refractivity contribution in [2.45, 2.75) is 32.3 Å². The fraction of sp³-hybridized carbons (Fsp3) is 0.812. The summed E-state index contributed by atoms with van der Waals surface area (Å²) in [5.41, 5.74) is 0.747. The Bertz CT molecular complexity index is 460. The molecule has 0 unspecified atom stereocenters. The number of thiazole rings is 1. The summed E-state index contributed by atoms with van der Waals surface area (Å²) in [6, 6.07) is 0. The molecule has 0 saturated carbocycles. The highest BCUT2D eigenvalue weighted by atomic mass is 32.1. The lowest BCUT2D eigenvalue weighted by Crippen LogP contribution is -2.34. The zero-order valence-electron chi connectivity index (χ0n) is 13.2. The van der Waals surface area contributed by atoms with Gasteiger partial charge in [-0.05, 0) is 31.8 Å². The number of likely N-dealkylation sites (tertiary alicyclic amines) is 1. The summed E-state index contributed by atoms with van der Waals surface area (Å²) in [6.07, 6.45) is 5.35. The van der Waals surface area contributed by atoms with E-state index in [0.717, 1.165) is 30.5 Å². The van der Waals surface area contributed by atoms with Crippen molar-refractivity contribution in [1.29, 1.82) is 0 Å². The second kappa shape index (κ2) is 7.73. The van der Waals surface area contributed by atoms with E-state index in [2.05, 4.69) is 14.8 Å². The van der Waals surface area contributed by atoms with Gasteiger partial charge in [0.25, 0.3) is 0 Å². The molecule has 2 atom stereocenters. The van der Waals surface area contributed by atoms with E-state index in [0.29, 0.717) is 11.8 Å². The molecule has 0 spiro atoms. The highest BCUT2D eigenvalue weighted by Gasteiger charge is 2.34. The minimum atomic E-state index is 0.00494. The predicted octanol–water partition coefficient (Wildman–Crippen LogP) is 1.56. The average Bonchev–Trinajstić information content (AvgIpc) is 3.08. The van der Waals surface area contributed by atoms with Crippen molar-refractivity contribution < 1.29 is 10.2 Å². The topological polar surface area (TPSA) is 59.8 Å². The van der Waals surface area contributed by atoms with Crippen molar-refractivity contribution in [3.05, 3.63) is 11.1 Å². The van der Waals surface area contributed by atoms with Gasteiger partial charge >= 0.3 is 0 Å². The molecule has 6 heteroatoms. The Morgan fingerprint density at radius 2 is 1.82 bits per heavy atom. The maximum absolute atomic E-state index is 9.74. The van der Waals surface area contributed by atoms with Gasteiger partial charge in [-0.1, -0.05) is 12.8 Å². The van der Waals surface area contributed by atoms with Crippen LogP contribution >= 0.6 is 11.3 Å². The lowest BCUT2D eigenvalue weighted by molar-refractivity contribution is 0.165. The average molecular weight is 325 g/mol. The third-order valence-corrected chi connectivity index (χ3v) is 5.92. The molecule has 1 aromatic rings. The molecule has 2 aliphatic heterocycles. The summed E-state index contributed by atoms with van der Waals surface area (Å²) in [4.78, 5) is 9.35. The number of aromatic nitrogens is 1. The minimum Gasteiger partial charge on any atom is -0.396 e. The van der Waals surface area contributed by atoms with E-state index in [-0.39, 0.29) is 13.2 Å². The van der Waals surface area contributed by atoms with E-state index >= 15 is 0 Å². The molecule has 3 rings (SSSR count). The number of rotatable bonds is 5. The van der Waals surface area contributed by atoms with Crippen LogP contribution < -0.4 is 4.90 Å². The van der Waals surface area contributed by atoms with Crippen LogP contribution in [0.3, 0.4) is 0 Å². The summed E-state index contributed by atoms with van der Waals surface area (Å²) in [5.74, 6) is 0.856. The SMILES string of the molecule is OCc1csc(N2C[C@@H](CO)[C@@H](CN3CCCCCC3)C2)n1. The van der Waals surface area contributed by atoms with Crippen LogP contribution in [0.5, 0.6) is 0 Å². The molecule has 2 aliphatic rings. The largest absolute Gasteiger partial charge is 0.396 e. The maximum atomic E-state index is 9.74. The molecule has 2 fully saturated rings. The molecule has 124 valence electrons. The van der Waals surface area contributed by atoms with Crippen LogP contribution in [0, 0.1) is 11.8 Å². The van der Waals surface area contributed by atoms with E-state index in [1.165, 1.54) is 38.8 Å². The predicted molar refractivity (Wildman–Crippen MR) is 89.2 cm³/mol. The highest BCUT2D eigenvalue weighted by molar-refractivity contribution is 7.13. The first-order valence-corrected chi connectivity index (χ1v) is 9.31. The summed E-state index contributed by atoms with van der Waals surface area (Å²) >= 11 is 1.59. The number of aliphatic hydroxyl groups excluding tert-OH is 2. The first kappa shape index (κ1) is 16.2. The van der Waals surface area contributed by atoms with Crippen molar-refractivity contribution in [1.82, 2.24) is 9.88 Å². The fourth-order valence-electron chi connectivity index (χ4n) is 3.67. The van der Waals surface area contributed by atoms with Gasteiger partial charge in [-0.15, -0.1) is 11.3 Å². The number of nitrogens with zero attached hydrogens (tertiary/aromatic N) is 3. The van der Waals surface area contributed by atoms with Gasteiger partial charge in [-0.3, -0.25) is 0 Å². The zero-order valence-corrected chi connectivity index (χ0v) is 14.0. The van der Waals surface area contributed by atoms with Crippen molar-refractivity contribution in [3.8, 4) is 0 Å². The highest BCUT2D eigenvalue weighted by Crippen LogP contribution is 2.31. The lowest BCUT2D eigenvalue weighted by atomic mass is 9.96. The van der Waals surface area contributed by atoms with E-state index in [4.69, 9.17) is 5.11 Å². The van der Waals surface area contributed by atoms with Crippen LogP contribution in [0.4, 0.5) is 5.13 Å².